The van der Waals surface area contributed by atoms with E-state index in [-0.39, 0.29) is 0 Å². The molecule has 0 amide bonds. The molecule has 4 nitrogen and oxygen atoms in total. The molecule has 2 heterocycles. The third-order valence-electron chi connectivity index (χ3n) is 3.19. The summed E-state index contributed by atoms with van der Waals surface area (Å²) in [6.45, 7) is 2.40. The van der Waals surface area contributed by atoms with E-state index in [0.29, 0.717) is 12.6 Å². The van der Waals surface area contributed by atoms with Crippen LogP contribution < -0.4 is 0 Å². The van der Waals surface area contributed by atoms with Crippen molar-refractivity contribution in [2.75, 3.05) is 13.2 Å². The van der Waals surface area contributed by atoms with Gasteiger partial charge in [0, 0.05) is 37.2 Å². The van der Waals surface area contributed by atoms with Crippen molar-refractivity contribution in [1.82, 2.24) is 14.9 Å². The number of hydrogen-bond acceptors (Lipinski definition) is 4. The normalized spacial score (nSPS) is 21.4. The van der Waals surface area contributed by atoms with E-state index in [1.165, 1.54) is 18.4 Å². The lowest BCUT2D eigenvalue weighted by Crippen LogP contribution is -2.29. The fourth-order valence-corrected chi connectivity index (χ4v) is 2.40. The Morgan fingerprint density at radius 2 is 2.19 bits per heavy atom. The van der Waals surface area contributed by atoms with Gasteiger partial charge in [-0.2, -0.15) is 0 Å². The highest BCUT2D eigenvalue weighted by atomic mass is 16.2. The van der Waals surface area contributed by atoms with Crippen LogP contribution in [0.2, 0.25) is 0 Å². The Kier molecular flexibility index (Phi) is 4.25. The summed E-state index contributed by atoms with van der Waals surface area (Å²) >= 11 is 0. The molecule has 0 bridgehead atoms. The molecule has 0 aliphatic carbocycles. The Labute approximate surface area is 96.3 Å². The van der Waals surface area contributed by atoms with Crippen molar-refractivity contribution in [3.05, 3.63) is 24.3 Å². The first kappa shape index (κ1) is 11.5. The molecule has 0 aromatic carbocycles. The molecule has 2 rings (SSSR count). The Morgan fingerprint density at radius 1 is 1.38 bits per heavy atom. The van der Waals surface area contributed by atoms with Gasteiger partial charge in [-0.1, -0.05) is 0 Å². The predicted molar refractivity (Wildman–Crippen MR) is 61.8 cm³/mol. The molecule has 1 aromatic rings. The van der Waals surface area contributed by atoms with Crippen molar-refractivity contribution >= 4 is 0 Å². The maximum atomic E-state index is 8.86. The number of nitrogens with zero attached hydrogens (tertiary/aromatic N) is 3. The van der Waals surface area contributed by atoms with Gasteiger partial charge in [0.25, 0.3) is 0 Å². The van der Waals surface area contributed by atoms with Gasteiger partial charge in [0.1, 0.15) is 6.33 Å². The largest absolute Gasteiger partial charge is 0.396 e. The summed E-state index contributed by atoms with van der Waals surface area (Å²) in [4.78, 5) is 10.6. The second-order valence-corrected chi connectivity index (χ2v) is 4.38. The highest BCUT2D eigenvalue weighted by Crippen LogP contribution is 2.22. The number of aromatic nitrogens is 2. The Morgan fingerprint density at radius 3 is 2.94 bits per heavy atom. The average Bonchev–Trinajstić information content (AvgIpc) is 2.75. The molecule has 1 saturated heterocycles. The summed E-state index contributed by atoms with van der Waals surface area (Å²) < 4.78 is 0. The van der Waals surface area contributed by atoms with E-state index in [4.69, 9.17) is 5.11 Å². The monoisotopic (exact) mass is 221 g/mol. The van der Waals surface area contributed by atoms with E-state index >= 15 is 0 Å². The maximum absolute atomic E-state index is 8.86. The summed E-state index contributed by atoms with van der Waals surface area (Å²) in [7, 11) is 0. The minimum absolute atomic E-state index is 0.304. The lowest BCUT2D eigenvalue weighted by molar-refractivity contribution is 0.210. The molecular weight excluding hydrogens is 202 g/mol. The second-order valence-electron chi connectivity index (χ2n) is 4.38. The molecule has 1 aromatic heterocycles. The second kappa shape index (κ2) is 5.92. The summed E-state index contributed by atoms with van der Waals surface area (Å²) in [5.74, 6) is 0. The van der Waals surface area contributed by atoms with Crippen LogP contribution in [0.1, 0.15) is 31.2 Å². The summed E-state index contributed by atoms with van der Waals surface area (Å²) in [5.41, 5.74) is 1.18. The lowest BCUT2D eigenvalue weighted by Gasteiger charge is -2.23. The van der Waals surface area contributed by atoms with Gasteiger partial charge < -0.3 is 5.11 Å². The van der Waals surface area contributed by atoms with Crippen molar-refractivity contribution in [3.63, 3.8) is 0 Å². The van der Waals surface area contributed by atoms with Crippen LogP contribution in [0, 0.1) is 0 Å². The molecule has 1 unspecified atom stereocenters. The Balaban J connectivity index is 1.88. The van der Waals surface area contributed by atoms with Crippen molar-refractivity contribution in [3.8, 4) is 0 Å². The molecule has 0 saturated carbocycles. The van der Waals surface area contributed by atoms with Gasteiger partial charge in [0.15, 0.2) is 0 Å². The van der Waals surface area contributed by atoms with Crippen LogP contribution in [0.15, 0.2) is 18.7 Å². The molecule has 1 aliphatic rings. The smallest absolute Gasteiger partial charge is 0.115 e. The number of rotatable bonds is 5. The fourth-order valence-electron chi connectivity index (χ4n) is 2.40. The van der Waals surface area contributed by atoms with Crippen molar-refractivity contribution in [2.24, 2.45) is 0 Å². The third kappa shape index (κ3) is 3.00. The SMILES string of the molecule is OCCCC1CCCN1Cc1cncnc1. The van der Waals surface area contributed by atoms with Crippen molar-refractivity contribution in [1.29, 1.82) is 0 Å². The lowest BCUT2D eigenvalue weighted by atomic mass is 10.1. The number of aliphatic hydroxyl groups excluding tert-OH is 1. The molecule has 0 spiro atoms. The molecule has 1 fully saturated rings. The Hall–Kier alpha value is -1.00. The molecular formula is C12H19N3O. The fraction of sp³-hybridized carbons (Fsp3) is 0.667. The summed E-state index contributed by atoms with van der Waals surface area (Å²) in [6, 6.07) is 0.632. The average molecular weight is 221 g/mol. The van der Waals surface area contributed by atoms with Crippen molar-refractivity contribution in [2.45, 2.75) is 38.3 Å². The van der Waals surface area contributed by atoms with Gasteiger partial charge in [-0.25, -0.2) is 9.97 Å². The van der Waals surface area contributed by atoms with Crippen LogP contribution in [0.3, 0.4) is 0 Å². The number of hydrogen-bond donors (Lipinski definition) is 1. The first-order valence-electron chi connectivity index (χ1n) is 5.99. The Bertz CT molecular complexity index is 304. The van der Waals surface area contributed by atoms with Crippen LogP contribution in [-0.4, -0.2) is 39.2 Å². The zero-order valence-corrected chi connectivity index (χ0v) is 9.55. The molecule has 1 aliphatic heterocycles. The van der Waals surface area contributed by atoms with Gasteiger partial charge in [-0.15, -0.1) is 0 Å². The van der Waals surface area contributed by atoms with Crippen LogP contribution in [-0.2, 0) is 6.54 Å². The first-order chi connectivity index (χ1) is 7.90. The van der Waals surface area contributed by atoms with E-state index in [2.05, 4.69) is 14.9 Å². The van der Waals surface area contributed by atoms with Gasteiger partial charge in [-0.3, -0.25) is 4.90 Å². The molecule has 1 N–H and O–H groups in total. The molecule has 4 heteroatoms. The van der Waals surface area contributed by atoms with E-state index in [9.17, 15) is 0 Å². The minimum atomic E-state index is 0.304. The standard InChI is InChI=1S/C12H19N3O/c16-6-2-4-12-3-1-5-15(12)9-11-7-13-10-14-8-11/h7-8,10,12,16H,1-6,9H2. The highest BCUT2D eigenvalue weighted by Gasteiger charge is 2.23. The van der Waals surface area contributed by atoms with Crippen LogP contribution in [0.25, 0.3) is 0 Å². The van der Waals surface area contributed by atoms with Crippen LogP contribution >= 0.6 is 0 Å². The first-order valence-corrected chi connectivity index (χ1v) is 5.99. The van der Waals surface area contributed by atoms with E-state index in [1.807, 2.05) is 12.4 Å². The highest BCUT2D eigenvalue weighted by molar-refractivity contribution is 5.03. The van der Waals surface area contributed by atoms with Gasteiger partial charge in [0.05, 0.1) is 0 Å². The summed E-state index contributed by atoms with van der Waals surface area (Å²) in [6.07, 6.45) is 9.87. The van der Waals surface area contributed by atoms with Crippen LogP contribution in [0.4, 0.5) is 0 Å². The van der Waals surface area contributed by atoms with Gasteiger partial charge in [-0.05, 0) is 32.2 Å². The zero-order chi connectivity index (χ0) is 11.2. The van der Waals surface area contributed by atoms with E-state index < -0.39 is 0 Å². The number of aliphatic hydroxyl groups is 1. The van der Waals surface area contributed by atoms with Crippen LogP contribution in [0.5, 0.6) is 0 Å². The molecule has 0 radical (unpaired) electrons. The third-order valence-corrected chi connectivity index (χ3v) is 3.19. The molecule has 1 atom stereocenters. The zero-order valence-electron chi connectivity index (χ0n) is 9.55. The van der Waals surface area contributed by atoms with Gasteiger partial charge in [0.2, 0.25) is 0 Å². The van der Waals surface area contributed by atoms with Gasteiger partial charge >= 0.3 is 0 Å². The maximum Gasteiger partial charge on any atom is 0.115 e. The quantitative estimate of drug-likeness (QED) is 0.812. The summed E-state index contributed by atoms with van der Waals surface area (Å²) in [5, 5.41) is 8.86. The topological polar surface area (TPSA) is 49.2 Å². The molecule has 88 valence electrons. The van der Waals surface area contributed by atoms with Crippen molar-refractivity contribution < 1.29 is 5.11 Å². The molecule has 16 heavy (non-hydrogen) atoms. The minimum Gasteiger partial charge on any atom is -0.396 e. The predicted octanol–water partition coefficient (Wildman–Crippen LogP) is 1.21. The van der Waals surface area contributed by atoms with E-state index in [0.717, 1.165) is 25.9 Å². The van der Waals surface area contributed by atoms with E-state index in [1.54, 1.807) is 6.33 Å². The number of likely N-dealkylation sites (tertiary alicyclic amines) is 1.